The molecule has 0 aliphatic carbocycles. The van der Waals surface area contributed by atoms with E-state index in [0.717, 1.165) is 0 Å². The van der Waals surface area contributed by atoms with Crippen LogP contribution in [-0.2, 0) is 72.0 Å². The number of carboxylic acid groups (broad SMARTS) is 1. The van der Waals surface area contributed by atoms with Crippen LogP contribution in [0.2, 0.25) is 0 Å². The maximum Gasteiger partial charge on any atom is 0.322 e. The van der Waals surface area contributed by atoms with Crippen molar-refractivity contribution in [1.82, 2.24) is 52.4 Å². The van der Waals surface area contributed by atoms with Gasteiger partial charge in [-0.25, -0.2) is 0 Å². The van der Waals surface area contributed by atoms with Crippen molar-refractivity contribution in [3.63, 3.8) is 0 Å². The number of likely N-dealkylation sites (tertiary alicyclic amines) is 1. The van der Waals surface area contributed by atoms with Gasteiger partial charge in [-0.3, -0.25) is 52.7 Å². The summed E-state index contributed by atoms with van der Waals surface area (Å²) in [5.41, 5.74) is 14.0. The summed E-state index contributed by atoms with van der Waals surface area (Å²) in [5, 5.41) is 50.1. The molecule has 0 spiro atoms. The van der Waals surface area contributed by atoms with E-state index in [-0.39, 0.29) is 56.2 Å². The molecule has 2 heterocycles. The largest absolute Gasteiger partial charge is 0.508 e. The maximum absolute atomic E-state index is 14.9. The number of phenolic OH excluding ortho intramolecular Hbond substituents is 1. The molecule has 4 aromatic rings. The standard InChI is InChI=1S/C58H78N12O14/c1-30(2)23-44(68-56(82)48(60)31(3)4)58(84)70-22-12-17-45(70)55(81)67-41(25-35-18-20-37(72)21-19-35)52(78)65-42(26-36-28-61-39-16-11-10-15-38(36)39)53(79)66-43(27-46(59)73)54(80)64-40(24-34-13-8-7-9-14-34)51(77)63-32(5)50(76)69-49(33(6)71)57(83)62-29-47(74)75/h7-11,13-16,18-21,28,30-33,40-45,48-49,61,71-72H,12,17,22-27,29,60H2,1-6H3,(H2,59,73)(H,62,83)(H,63,77)(H,64,80)(H,65,78)(H,66,79)(H,67,81)(H,68,82)(H,69,76)(H,74,75)/t32-,33+,40-,41-,42-,43-,44-,45-,48-,49-/m0/s1. The number of carboxylic acids is 1. The number of aromatic hydroxyl groups is 1. The van der Waals surface area contributed by atoms with Gasteiger partial charge in [0.25, 0.3) is 0 Å². The number of carbonyl (C=O) groups is 11. The molecule has 0 bridgehead atoms. The van der Waals surface area contributed by atoms with Crippen LogP contribution >= 0.6 is 0 Å². The van der Waals surface area contributed by atoms with Gasteiger partial charge in [-0.15, -0.1) is 0 Å². The number of hydrogen-bond donors (Lipinski definition) is 14. The van der Waals surface area contributed by atoms with E-state index in [9.17, 15) is 63.0 Å². The number of aliphatic hydroxyl groups is 1. The van der Waals surface area contributed by atoms with Crippen molar-refractivity contribution in [1.29, 1.82) is 0 Å². The molecule has 0 unspecified atom stereocenters. The van der Waals surface area contributed by atoms with Crippen LogP contribution in [-0.4, -0.2) is 164 Å². The predicted octanol–water partition coefficient (Wildman–Crippen LogP) is -1.21. The third-order valence-electron chi connectivity index (χ3n) is 14.1. The van der Waals surface area contributed by atoms with E-state index < -0.39 is 138 Å². The molecule has 16 N–H and O–H groups in total. The first-order valence-electron chi connectivity index (χ1n) is 27.7. The van der Waals surface area contributed by atoms with Gasteiger partial charge in [0.05, 0.1) is 18.6 Å². The minimum atomic E-state index is -1.80. The average Bonchev–Trinajstić information content (AvgIpc) is 3.67. The monoisotopic (exact) mass is 1170 g/mol. The highest BCUT2D eigenvalue weighted by molar-refractivity contribution is 6.00. The third-order valence-corrected chi connectivity index (χ3v) is 14.1. The number of phenols is 1. The molecule has 26 nitrogen and oxygen atoms in total. The number of hydrogen-bond acceptors (Lipinski definition) is 14. The van der Waals surface area contributed by atoms with Gasteiger partial charge in [0.15, 0.2) is 0 Å². The Labute approximate surface area is 485 Å². The fourth-order valence-electron chi connectivity index (χ4n) is 9.46. The number of aliphatic hydroxyl groups excluding tert-OH is 1. The first-order valence-corrected chi connectivity index (χ1v) is 27.7. The molecule has 26 heteroatoms. The molecular formula is C58H78N12O14. The van der Waals surface area contributed by atoms with Crippen LogP contribution in [0.3, 0.4) is 0 Å². The molecule has 1 aliphatic heterocycles. The van der Waals surface area contributed by atoms with Crippen LogP contribution in [0, 0.1) is 11.8 Å². The molecule has 1 aliphatic rings. The molecular weight excluding hydrogens is 1090 g/mol. The van der Waals surface area contributed by atoms with Crippen molar-refractivity contribution < 1.29 is 68.1 Å². The normalized spacial score (nSPS) is 16.3. The van der Waals surface area contributed by atoms with Gasteiger partial charge in [0, 0.05) is 42.9 Å². The van der Waals surface area contributed by atoms with Gasteiger partial charge in [-0.1, -0.05) is 88.4 Å². The summed E-state index contributed by atoms with van der Waals surface area (Å²) >= 11 is 0. The molecule has 454 valence electrons. The van der Waals surface area contributed by atoms with Crippen LogP contribution in [0.25, 0.3) is 10.9 Å². The smallest absolute Gasteiger partial charge is 0.322 e. The second-order valence-corrected chi connectivity index (χ2v) is 21.8. The summed E-state index contributed by atoms with van der Waals surface area (Å²) in [6.07, 6.45) is -0.489. The SMILES string of the molecule is CC(C)C[C@H](NC(=O)[C@@H](N)C(C)C)C(=O)N1CCC[C@H]1C(=O)N[C@@H](Cc1ccc(O)cc1)C(=O)N[C@@H](Cc1c[nH]c2ccccc12)C(=O)N[C@@H](CC(N)=O)C(=O)N[C@@H](Cc1ccccc1)C(=O)N[C@@H](C)C(=O)N[C@H](C(=O)NCC(=O)O)[C@@H](C)O. The van der Waals surface area contributed by atoms with E-state index in [0.29, 0.717) is 34.0 Å². The second-order valence-electron chi connectivity index (χ2n) is 21.8. The molecule has 3 aromatic carbocycles. The Bertz CT molecular complexity index is 2990. The summed E-state index contributed by atoms with van der Waals surface area (Å²) in [6.45, 7) is 9.08. The van der Waals surface area contributed by atoms with Crippen LogP contribution in [0.5, 0.6) is 5.75 Å². The number of amides is 10. The predicted molar refractivity (Wildman–Crippen MR) is 306 cm³/mol. The van der Waals surface area contributed by atoms with Gasteiger partial charge >= 0.3 is 5.97 Å². The van der Waals surface area contributed by atoms with Gasteiger partial charge in [-0.05, 0) is 79.8 Å². The zero-order valence-electron chi connectivity index (χ0n) is 47.8. The lowest BCUT2D eigenvalue weighted by Crippen LogP contribution is -2.61. The van der Waals surface area contributed by atoms with Crippen molar-refractivity contribution >= 4 is 75.9 Å². The molecule has 5 rings (SSSR count). The highest BCUT2D eigenvalue weighted by atomic mass is 16.4. The molecule has 10 atom stereocenters. The number of primary amides is 1. The molecule has 0 saturated carbocycles. The summed E-state index contributed by atoms with van der Waals surface area (Å²) < 4.78 is 0. The lowest BCUT2D eigenvalue weighted by molar-refractivity contribution is -0.142. The Hall–Kier alpha value is -8.91. The van der Waals surface area contributed by atoms with E-state index >= 15 is 0 Å². The number of fused-ring (bicyclic) bond motifs is 1. The third kappa shape index (κ3) is 19.4. The fraction of sp³-hybridized carbons (Fsp3) is 0.466. The Morgan fingerprint density at radius 3 is 1.77 bits per heavy atom. The van der Waals surface area contributed by atoms with Crippen molar-refractivity contribution in [2.45, 2.75) is 147 Å². The number of nitrogens with zero attached hydrogens (tertiary/aromatic N) is 1. The Morgan fingerprint density at radius 2 is 1.18 bits per heavy atom. The van der Waals surface area contributed by atoms with Gasteiger partial charge in [-0.2, -0.15) is 0 Å². The van der Waals surface area contributed by atoms with E-state index in [4.69, 9.17) is 16.6 Å². The number of benzene rings is 3. The minimum absolute atomic E-state index is 0.0479. The summed E-state index contributed by atoms with van der Waals surface area (Å²) in [6, 6.07) is 8.80. The van der Waals surface area contributed by atoms with E-state index in [1.807, 2.05) is 13.8 Å². The van der Waals surface area contributed by atoms with Crippen molar-refractivity contribution in [2.75, 3.05) is 13.1 Å². The molecule has 1 fully saturated rings. The zero-order valence-corrected chi connectivity index (χ0v) is 47.8. The Morgan fingerprint density at radius 1 is 0.631 bits per heavy atom. The van der Waals surface area contributed by atoms with Crippen LogP contribution in [0.15, 0.2) is 85.1 Å². The molecule has 1 saturated heterocycles. The quantitative estimate of drug-likeness (QED) is 0.0291. The van der Waals surface area contributed by atoms with Crippen molar-refractivity contribution in [3.8, 4) is 5.75 Å². The second kappa shape index (κ2) is 30.9. The van der Waals surface area contributed by atoms with E-state index in [1.165, 1.54) is 43.0 Å². The minimum Gasteiger partial charge on any atom is -0.508 e. The molecule has 10 amide bonds. The maximum atomic E-state index is 14.9. The van der Waals surface area contributed by atoms with Gasteiger partial charge in [0.2, 0.25) is 59.1 Å². The van der Waals surface area contributed by atoms with Gasteiger partial charge < -0.3 is 79.2 Å². The summed E-state index contributed by atoms with van der Waals surface area (Å²) in [7, 11) is 0. The number of aliphatic carboxylic acids is 1. The number of aromatic amines is 1. The van der Waals surface area contributed by atoms with Crippen molar-refractivity contribution in [3.05, 3.63) is 102 Å². The number of carbonyl (C=O) groups excluding carboxylic acids is 10. The summed E-state index contributed by atoms with van der Waals surface area (Å²) in [4.78, 5) is 154. The first kappa shape index (κ1) is 65.9. The topological polar surface area (TPSA) is 416 Å². The summed E-state index contributed by atoms with van der Waals surface area (Å²) in [5.74, 6) is -10.5. The van der Waals surface area contributed by atoms with Gasteiger partial charge in [0.1, 0.15) is 60.6 Å². The lowest BCUT2D eigenvalue weighted by atomic mass is 9.99. The van der Waals surface area contributed by atoms with Crippen LogP contribution < -0.4 is 54.0 Å². The van der Waals surface area contributed by atoms with E-state index in [2.05, 4.69) is 47.5 Å². The number of aromatic nitrogens is 1. The number of para-hydroxylation sites is 1. The van der Waals surface area contributed by atoms with Crippen LogP contribution in [0.1, 0.15) is 83.9 Å². The van der Waals surface area contributed by atoms with Crippen LogP contribution in [0.4, 0.5) is 0 Å². The number of rotatable bonds is 30. The molecule has 0 radical (unpaired) electrons. The average molecular weight is 1170 g/mol. The fourth-order valence-corrected chi connectivity index (χ4v) is 9.46. The number of nitrogens with one attached hydrogen (secondary N) is 9. The highest BCUT2D eigenvalue weighted by Crippen LogP contribution is 2.23. The van der Waals surface area contributed by atoms with Crippen molar-refractivity contribution in [2.24, 2.45) is 23.3 Å². The Balaban J connectivity index is 1.44. The molecule has 1 aromatic heterocycles. The number of H-pyrrole nitrogens is 1. The zero-order chi connectivity index (χ0) is 61.9. The van der Waals surface area contributed by atoms with E-state index in [1.54, 1.807) is 74.6 Å². The Kier molecular flexibility index (Phi) is 24.3. The molecule has 84 heavy (non-hydrogen) atoms. The highest BCUT2D eigenvalue weighted by Gasteiger charge is 2.41. The first-order chi connectivity index (χ1) is 39.7. The lowest BCUT2D eigenvalue weighted by Gasteiger charge is -2.31. The number of nitrogens with two attached hydrogens (primary N) is 2.